The third-order valence-electron chi connectivity index (χ3n) is 6.59. The second kappa shape index (κ2) is 10.8. The molecule has 3 aromatic heterocycles. The average Bonchev–Trinajstić information content (AvgIpc) is 3.50. The minimum Gasteiger partial charge on any atom is -0.383 e. The summed E-state index contributed by atoms with van der Waals surface area (Å²) in [4.78, 5) is 19.1. The maximum absolute atomic E-state index is 12.8. The largest absolute Gasteiger partial charge is 0.383 e. The number of ether oxygens (including phenoxy) is 1. The number of thiazole rings is 1. The molecule has 3 N–H and O–H groups in total. The topological polar surface area (TPSA) is 93.1 Å². The predicted octanol–water partition coefficient (Wildman–Crippen LogP) is 4.25. The summed E-state index contributed by atoms with van der Waals surface area (Å²) in [6.45, 7) is 7.90. The Morgan fingerprint density at radius 2 is 2.08 bits per heavy atom. The third-order valence-corrected chi connectivity index (χ3v) is 8.79. The molecule has 4 heterocycles. The summed E-state index contributed by atoms with van der Waals surface area (Å²) >= 11 is 3.36. The molecule has 1 aliphatic heterocycles. The van der Waals surface area contributed by atoms with Gasteiger partial charge in [0.2, 0.25) is 5.91 Å². The van der Waals surface area contributed by atoms with Crippen LogP contribution in [0.25, 0.3) is 31.9 Å². The zero-order valence-corrected chi connectivity index (χ0v) is 22.8. The van der Waals surface area contributed by atoms with Crippen LogP contribution in [-0.4, -0.2) is 54.0 Å². The van der Waals surface area contributed by atoms with Gasteiger partial charge in [0.25, 0.3) is 0 Å². The van der Waals surface area contributed by atoms with E-state index in [-0.39, 0.29) is 5.91 Å². The zero-order chi connectivity index (χ0) is 25.2. The molecule has 5 rings (SSSR count). The Morgan fingerprint density at radius 1 is 1.22 bits per heavy atom. The zero-order valence-electron chi connectivity index (χ0n) is 21.2. The second-order valence-corrected chi connectivity index (χ2v) is 11.2. The van der Waals surface area contributed by atoms with Crippen LogP contribution in [0.5, 0.6) is 0 Å². The van der Waals surface area contributed by atoms with Crippen molar-refractivity contribution in [3.63, 3.8) is 0 Å². The van der Waals surface area contributed by atoms with Crippen molar-refractivity contribution in [3.8, 4) is 21.7 Å². The molecule has 0 saturated heterocycles. The van der Waals surface area contributed by atoms with Crippen molar-refractivity contribution in [3.05, 3.63) is 40.0 Å². The van der Waals surface area contributed by atoms with Gasteiger partial charge in [0.05, 0.1) is 22.5 Å². The summed E-state index contributed by atoms with van der Waals surface area (Å²) < 4.78 is 8.11. The Bertz CT molecular complexity index is 1400. The van der Waals surface area contributed by atoms with E-state index < -0.39 is 0 Å². The smallest absolute Gasteiger partial charge is 0.226 e. The summed E-state index contributed by atoms with van der Waals surface area (Å²) in [5, 5.41) is 16.3. The quantitative estimate of drug-likeness (QED) is 0.284. The molecular formula is C26H32N6O2S2. The number of thiophene rings is 1. The summed E-state index contributed by atoms with van der Waals surface area (Å²) in [6.07, 6.45) is 1.35. The fraction of sp³-hybridized carbons (Fsp3) is 0.423. The first-order valence-corrected chi connectivity index (χ1v) is 13.9. The van der Waals surface area contributed by atoms with E-state index in [1.54, 1.807) is 29.8 Å². The fourth-order valence-corrected chi connectivity index (χ4v) is 7.04. The number of carbonyl (C=O) groups excluding carboxylic acids is 1. The van der Waals surface area contributed by atoms with Crippen molar-refractivity contribution in [2.45, 2.75) is 33.2 Å². The number of nitrogens with zero attached hydrogens (tertiary/aromatic N) is 3. The number of methoxy groups -OCH3 is 1. The van der Waals surface area contributed by atoms with Crippen LogP contribution in [-0.2, 0) is 29.5 Å². The first-order chi connectivity index (χ1) is 17.5. The van der Waals surface area contributed by atoms with Gasteiger partial charge in [0.1, 0.15) is 10.0 Å². The highest BCUT2D eigenvalue weighted by Gasteiger charge is 2.25. The van der Waals surface area contributed by atoms with Crippen LogP contribution < -0.4 is 16.0 Å². The molecule has 8 nitrogen and oxygen atoms in total. The molecule has 36 heavy (non-hydrogen) atoms. The van der Waals surface area contributed by atoms with E-state index in [9.17, 15) is 4.79 Å². The molecule has 0 fully saturated rings. The minimum absolute atomic E-state index is 0.0126. The number of anilines is 1. The van der Waals surface area contributed by atoms with Crippen LogP contribution in [0.1, 0.15) is 28.2 Å². The average molecular weight is 525 g/mol. The maximum atomic E-state index is 12.8. The highest BCUT2D eigenvalue weighted by Crippen LogP contribution is 2.45. The van der Waals surface area contributed by atoms with Crippen molar-refractivity contribution < 1.29 is 9.53 Å². The van der Waals surface area contributed by atoms with Crippen molar-refractivity contribution in [2.75, 3.05) is 38.7 Å². The van der Waals surface area contributed by atoms with Crippen molar-refractivity contribution >= 4 is 43.8 Å². The number of amides is 1. The summed E-state index contributed by atoms with van der Waals surface area (Å²) in [6, 6.07) is 6.48. The standard InChI is InChI=1S/C26H32N6O2S2/c1-15-23(16(2)32(3)31-15)17-5-6-20-19(13-17)29-25(35-20)24-18-7-9-28-14-21(18)36-26(24)30-22(33)8-10-27-11-12-34-4/h5-6,13,27-28H,7-12,14H2,1-4H3,(H,30,33). The Labute approximate surface area is 219 Å². The van der Waals surface area contributed by atoms with Gasteiger partial charge in [-0.05, 0) is 50.1 Å². The molecule has 1 aromatic carbocycles. The first kappa shape index (κ1) is 25.0. The lowest BCUT2D eigenvalue weighted by molar-refractivity contribution is -0.116. The monoisotopic (exact) mass is 524 g/mol. The minimum atomic E-state index is 0.0126. The van der Waals surface area contributed by atoms with Crippen LogP contribution in [0.3, 0.4) is 0 Å². The van der Waals surface area contributed by atoms with E-state index in [4.69, 9.17) is 9.72 Å². The van der Waals surface area contributed by atoms with Crippen LogP contribution >= 0.6 is 22.7 Å². The molecule has 0 unspecified atom stereocenters. The van der Waals surface area contributed by atoms with Gasteiger partial charge in [-0.2, -0.15) is 5.10 Å². The number of rotatable bonds is 9. The fourth-order valence-electron chi connectivity index (χ4n) is 4.72. The lowest BCUT2D eigenvalue weighted by Gasteiger charge is -2.13. The number of nitrogens with one attached hydrogen (secondary N) is 3. The number of benzene rings is 1. The highest BCUT2D eigenvalue weighted by atomic mass is 32.1. The third kappa shape index (κ3) is 4.96. The predicted molar refractivity (Wildman–Crippen MR) is 148 cm³/mol. The lowest BCUT2D eigenvalue weighted by atomic mass is 10.0. The number of hydrogen-bond donors (Lipinski definition) is 3. The van der Waals surface area contributed by atoms with Gasteiger partial charge in [-0.25, -0.2) is 4.98 Å². The van der Waals surface area contributed by atoms with E-state index in [1.165, 1.54) is 16.0 Å². The Hall–Kier alpha value is -2.63. The van der Waals surface area contributed by atoms with Gasteiger partial charge in [-0.15, -0.1) is 22.7 Å². The van der Waals surface area contributed by atoms with Crippen LogP contribution in [0, 0.1) is 13.8 Å². The molecule has 1 amide bonds. The molecule has 1 aliphatic rings. The van der Waals surface area contributed by atoms with Crippen molar-refractivity contribution in [1.29, 1.82) is 0 Å². The van der Waals surface area contributed by atoms with E-state index in [0.717, 1.165) is 68.8 Å². The normalized spacial score (nSPS) is 13.3. The Balaban J connectivity index is 1.46. The molecule has 0 radical (unpaired) electrons. The van der Waals surface area contributed by atoms with Gasteiger partial charge in [0.15, 0.2) is 0 Å². The van der Waals surface area contributed by atoms with Gasteiger partial charge in [0, 0.05) is 61.9 Å². The lowest BCUT2D eigenvalue weighted by Crippen LogP contribution is -2.24. The van der Waals surface area contributed by atoms with Gasteiger partial charge >= 0.3 is 0 Å². The number of carbonyl (C=O) groups is 1. The van der Waals surface area contributed by atoms with Crippen LogP contribution in [0.2, 0.25) is 0 Å². The molecule has 0 bridgehead atoms. The molecule has 0 spiro atoms. The molecular weight excluding hydrogens is 492 g/mol. The highest BCUT2D eigenvalue weighted by molar-refractivity contribution is 7.23. The molecule has 0 atom stereocenters. The molecule has 4 aromatic rings. The van der Waals surface area contributed by atoms with Crippen LogP contribution in [0.4, 0.5) is 5.00 Å². The Kier molecular flexibility index (Phi) is 7.49. The number of fused-ring (bicyclic) bond motifs is 2. The van der Waals surface area contributed by atoms with Gasteiger partial charge in [-0.1, -0.05) is 6.07 Å². The van der Waals surface area contributed by atoms with E-state index in [0.29, 0.717) is 19.6 Å². The van der Waals surface area contributed by atoms with E-state index in [1.807, 2.05) is 18.7 Å². The molecule has 0 saturated carbocycles. The summed E-state index contributed by atoms with van der Waals surface area (Å²) in [7, 11) is 3.65. The Morgan fingerprint density at radius 3 is 2.86 bits per heavy atom. The van der Waals surface area contributed by atoms with E-state index in [2.05, 4.69) is 46.2 Å². The SMILES string of the molecule is COCCNCCC(=O)Nc1sc2c(c1-c1nc3cc(-c4c(C)nn(C)c4C)ccc3s1)CCNC2. The maximum Gasteiger partial charge on any atom is 0.226 e. The van der Waals surface area contributed by atoms with Gasteiger partial charge < -0.3 is 20.7 Å². The first-order valence-electron chi connectivity index (χ1n) is 12.2. The van der Waals surface area contributed by atoms with Crippen molar-refractivity contribution in [1.82, 2.24) is 25.4 Å². The molecule has 0 aliphatic carbocycles. The van der Waals surface area contributed by atoms with E-state index >= 15 is 0 Å². The summed E-state index contributed by atoms with van der Waals surface area (Å²) in [5.41, 5.74) is 7.84. The number of aromatic nitrogens is 3. The number of hydrogen-bond acceptors (Lipinski definition) is 8. The van der Waals surface area contributed by atoms with Crippen molar-refractivity contribution in [2.24, 2.45) is 7.05 Å². The number of aryl methyl sites for hydroxylation is 2. The van der Waals surface area contributed by atoms with Gasteiger partial charge in [-0.3, -0.25) is 9.48 Å². The van der Waals surface area contributed by atoms with Crippen LogP contribution in [0.15, 0.2) is 18.2 Å². The molecule has 10 heteroatoms. The molecule has 190 valence electrons. The summed E-state index contributed by atoms with van der Waals surface area (Å²) in [5.74, 6) is 0.0126. The second-order valence-electron chi connectivity index (χ2n) is 9.05.